The van der Waals surface area contributed by atoms with Crippen LogP contribution >= 0.6 is 0 Å². The molecule has 58 valence electrons. The molecular weight excluding hydrogens is 146 g/mol. The lowest BCUT2D eigenvalue weighted by atomic mass is 10.2. The summed E-state index contributed by atoms with van der Waals surface area (Å²) in [5.41, 5.74) is 0.565. The van der Waals surface area contributed by atoms with Crippen molar-refractivity contribution in [2.75, 3.05) is 0 Å². The molecule has 0 saturated carbocycles. The molecule has 0 bridgehead atoms. The second-order valence-corrected chi connectivity index (χ2v) is 2.18. The average Bonchev–Trinajstić information content (AvgIpc) is 1.98. The molecule has 0 fully saturated rings. The van der Waals surface area contributed by atoms with Crippen molar-refractivity contribution in [3.8, 4) is 5.75 Å². The molecule has 1 aromatic rings. The van der Waals surface area contributed by atoms with Gasteiger partial charge in [-0.1, -0.05) is 6.07 Å². The molecule has 0 unspecified atom stereocenters. The first-order valence-electron chi connectivity index (χ1n) is 3.24. The summed E-state index contributed by atoms with van der Waals surface area (Å²) >= 11 is 0. The Labute approximate surface area is 64.9 Å². The highest BCUT2D eigenvalue weighted by Crippen LogP contribution is 2.14. The van der Waals surface area contributed by atoms with Gasteiger partial charge in [0.15, 0.2) is 0 Å². The van der Waals surface area contributed by atoms with Gasteiger partial charge in [-0.05, 0) is 18.6 Å². The second kappa shape index (κ2) is 3.39. The van der Waals surface area contributed by atoms with Gasteiger partial charge in [-0.2, -0.15) is 0 Å². The van der Waals surface area contributed by atoms with E-state index in [9.17, 15) is 4.39 Å². The predicted molar refractivity (Wildman–Crippen MR) is 41.1 cm³/mol. The maximum atomic E-state index is 12.7. The van der Waals surface area contributed by atoms with Gasteiger partial charge in [-0.25, -0.2) is 4.39 Å². The van der Waals surface area contributed by atoms with Crippen LogP contribution in [-0.2, 0) is 0 Å². The van der Waals surface area contributed by atoms with Crippen molar-refractivity contribution in [2.24, 2.45) is 0 Å². The van der Waals surface area contributed by atoms with Crippen molar-refractivity contribution in [1.29, 1.82) is 0 Å². The van der Waals surface area contributed by atoms with Crippen LogP contribution in [0.15, 0.2) is 18.2 Å². The van der Waals surface area contributed by atoms with Gasteiger partial charge in [0.2, 0.25) is 0 Å². The van der Waals surface area contributed by atoms with E-state index in [1.807, 2.05) is 0 Å². The van der Waals surface area contributed by atoms with E-state index in [0.29, 0.717) is 11.3 Å². The van der Waals surface area contributed by atoms with Crippen molar-refractivity contribution in [3.63, 3.8) is 0 Å². The van der Waals surface area contributed by atoms with E-state index < -0.39 is 7.69 Å². The Hall–Kier alpha value is -1.03. The predicted octanol–water partition coefficient (Wildman–Crippen LogP) is 0.772. The minimum Gasteiger partial charge on any atom is -0.539 e. The molecule has 0 aliphatic carbocycles. The molecule has 0 saturated heterocycles. The fourth-order valence-electron chi connectivity index (χ4n) is 0.738. The van der Waals surface area contributed by atoms with E-state index in [0.717, 1.165) is 0 Å². The number of hydrogen-bond donors (Lipinski definition) is 1. The highest BCUT2D eigenvalue weighted by molar-refractivity contribution is 6.17. The number of rotatable bonds is 2. The van der Waals surface area contributed by atoms with Crippen molar-refractivity contribution < 1.29 is 14.1 Å². The Morgan fingerprint density at radius 2 is 2.27 bits per heavy atom. The summed E-state index contributed by atoms with van der Waals surface area (Å²) in [6.45, 7) is 1.66. The first-order chi connectivity index (χ1) is 5.24. The Kier molecular flexibility index (Phi) is 2.49. The van der Waals surface area contributed by atoms with Gasteiger partial charge >= 0.3 is 7.69 Å². The molecular formula is C7H8BFO2. The van der Waals surface area contributed by atoms with Crippen LogP contribution in [0, 0.1) is 12.7 Å². The van der Waals surface area contributed by atoms with Crippen LogP contribution in [0.5, 0.6) is 5.75 Å². The smallest absolute Gasteiger partial charge is 0.504 e. The van der Waals surface area contributed by atoms with Gasteiger partial charge in [0, 0.05) is 6.07 Å². The van der Waals surface area contributed by atoms with E-state index in [-0.39, 0.29) is 5.82 Å². The van der Waals surface area contributed by atoms with Crippen molar-refractivity contribution >= 4 is 7.69 Å². The highest BCUT2D eigenvalue weighted by Gasteiger charge is 1.98. The summed E-state index contributed by atoms with van der Waals surface area (Å²) in [5.74, 6) is 0.0200. The molecule has 1 N–H and O–H groups in total. The number of halogens is 1. The topological polar surface area (TPSA) is 29.5 Å². The molecule has 0 spiro atoms. The van der Waals surface area contributed by atoms with Crippen LogP contribution in [0.2, 0.25) is 0 Å². The Morgan fingerprint density at radius 1 is 1.55 bits per heavy atom. The molecule has 0 aliphatic rings. The first kappa shape index (κ1) is 8.08. The molecule has 1 aromatic carbocycles. The maximum Gasteiger partial charge on any atom is 0.504 e. The van der Waals surface area contributed by atoms with Gasteiger partial charge < -0.3 is 9.68 Å². The highest BCUT2D eigenvalue weighted by atomic mass is 19.1. The Balaban J connectivity index is 2.86. The summed E-state index contributed by atoms with van der Waals surface area (Å²) in [5, 5.41) is 8.34. The van der Waals surface area contributed by atoms with Gasteiger partial charge in [-0.3, -0.25) is 0 Å². The molecule has 4 heteroatoms. The number of hydrogen-bond acceptors (Lipinski definition) is 2. The number of aryl methyl sites for hydroxylation is 1. The van der Waals surface area contributed by atoms with E-state index in [4.69, 9.17) is 5.02 Å². The summed E-state index contributed by atoms with van der Waals surface area (Å²) < 4.78 is 17.4. The normalized spacial score (nSPS) is 9.36. The van der Waals surface area contributed by atoms with Crippen LogP contribution in [0.4, 0.5) is 4.39 Å². The molecule has 0 radical (unpaired) electrons. The molecule has 0 aliphatic heterocycles. The molecule has 2 nitrogen and oxygen atoms in total. The molecule has 1 rings (SSSR count). The van der Waals surface area contributed by atoms with Gasteiger partial charge in [0.05, 0.1) is 0 Å². The van der Waals surface area contributed by atoms with Crippen molar-refractivity contribution in [3.05, 3.63) is 29.6 Å². The molecule has 0 heterocycles. The molecule has 0 aromatic heterocycles. The zero-order valence-corrected chi connectivity index (χ0v) is 6.17. The fraction of sp³-hybridized carbons (Fsp3) is 0.143. The van der Waals surface area contributed by atoms with Crippen molar-refractivity contribution in [1.82, 2.24) is 0 Å². The lowest BCUT2D eigenvalue weighted by molar-refractivity contribution is 0.451. The largest absolute Gasteiger partial charge is 0.539 e. The summed E-state index contributed by atoms with van der Waals surface area (Å²) in [6, 6.07) is 4.44. The average molecular weight is 154 g/mol. The summed E-state index contributed by atoms with van der Waals surface area (Å²) in [6.07, 6.45) is 0. The van der Waals surface area contributed by atoms with Gasteiger partial charge in [0.25, 0.3) is 0 Å². The van der Waals surface area contributed by atoms with Gasteiger partial charge in [0.1, 0.15) is 11.6 Å². The fourth-order valence-corrected chi connectivity index (χ4v) is 0.738. The second-order valence-electron chi connectivity index (χ2n) is 2.18. The number of benzene rings is 1. The zero-order chi connectivity index (χ0) is 8.27. The first-order valence-corrected chi connectivity index (χ1v) is 3.24. The van der Waals surface area contributed by atoms with E-state index in [1.54, 1.807) is 19.1 Å². The third-order valence-corrected chi connectivity index (χ3v) is 1.37. The summed E-state index contributed by atoms with van der Waals surface area (Å²) in [4.78, 5) is 0. The van der Waals surface area contributed by atoms with E-state index >= 15 is 0 Å². The van der Waals surface area contributed by atoms with Crippen LogP contribution in [-0.4, -0.2) is 12.7 Å². The monoisotopic (exact) mass is 154 g/mol. The van der Waals surface area contributed by atoms with Crippen LogP contribution in [0.1, 0.15) is 5.56 Å². The zero-order valence-electron chi connectivity index (χ0n) is 6.17. The quantitative estimate of drug-likeness (QED) is 0.637. The SMILES string of the molecule is Cc1ccc(OBO)cc1F. The van der Waals surface area contributed by atoms with Crippen molar-refractivity contribution in [2.45, 2.75) is 6.92 Å². The Bertz CT molecular complexity index is 252. The van der Waals surface area contributed by atoms with Crippen LogP contribution in [0.3, 0.4) is 0 Å². The molecule has 0 amide bonds. The third kappa shape index (κ3) is 1.95. The minimum absolute atomic E-state index is 0.323. The lowest BCUT2D eigenvalue weighted by Crippen LogP contribution is -2.00. The third-order valence-electron chi connectivity index (χ3n) is 1.37. The standard InChI is InChI=1S/C7H8BFO2/c1-5-2-3-6(11-8-10)4-7(5)9/h2-4,8,10H,1H3. The molecule has 0 atom stereocenters. The van der Waals surface area contributed by atoms with Crippen LogP contribution < -0.4 is 4.65 Å². The maximum absolute atomic E-state index is 12.7. The van der Waals surface area contributed by atoms with E-state index in [2.05, 4.69) is 4.65 Å². The van der Waals surface area contributed by atoms with E-state index in [1.165, 1.54) is 6.07 Å². The Morgan fingerprint density at radius 3 is 2.82 bits per heavy atom. The lowest BCUT2D eigenvalue weighted by Gasteiger charge is -2.02. The van der Waals surface area contributed by atoms with Crippen LogP contribution in [0.25, 0.3) is 0 Å². The summed E-state index contributed by atoms with van der Waals surface area (Å²) in [7, 11) is -0.428. The molecule has 11 heavy (non-hydrogen) atoms. The van der Waals surface area contributed by atoms with Gasteiger partial charge in [-0.15, -0.1) is 0 Å². The minimum atomic E-state index is -0.428.